The van der Waals surface area contributed by atoms with Crippen LogP contribution in [0.15, 0.2) is 42.7 Å². The zero-order valence-electron chi connectivity index (χ0n) is 12.7. The van der Waals surface area contributed by atoms with Gasteiger partial charge in [-0.15, -0.1) is 0 Å². The van der Waals surface area contributed by atoms with Crippen molar-refractivity contribution in [2.24, 2.45) is 0 Å². The quantitative estimate of drug-likeness (QED) is 0.728. The van der Waals surface area contributed by atoms with E-state index in [9.17, 15) is 4.79 Å². The molecule has 2 rings (SSSR count). The predicted octanol–water partition coefficient (Wildman–Crippen LogP) is 2.53. The number of benzene rings is 1. The molecule has 1 amide bonds. The average molecular weight is 335 g/mol. The van der Waals surface area contributed by atoms with Crippen molar-refractivity contribution in [3.63, 3.8) is 0 Å². The van der Waals surface area contributed by atoms with Crippen molar-refractivity contribution in [3.05, 3.63) is 53.3 Å². The molecule has 0 unspecified atom stereocenters. The zero-order chi connectivity index (χ0) is 16.5. The van der Waals surface area contributed by atoms with Crippen LogP contribution in [0.2, 0.25) is 5.02 Å². The van der Waals surface area contributed by atoms with Gasteiger partial charge in [0, 0.05) is 36.1 Å². The number of carbonyl (C=O) groups excluding carboxylic acids is 1. The summed E-state index contributed by atoms with van der Waals surface area (Å²) in [5.41, 5.74) is 2.32. The molecule has 1 heterocycles. The molecule has 122 valence electrons. The number of aromatic nitrogens is 1. The van der Waals surface area contributed by atoms with Gasteiger partial charge in [0.2, 0.25) is 0 Å². The van der Waals surface area contributed by atoms with Gasteiger partial charge in [-0.1, -0.05) is 23.7 Å². The van der Waals surface area contributed by atoms with Gasteiger partial charge in [-0.3, -0.25) is 9.78 Å². The number of nitrogens with one attached hydrogen (secondary N) is 1. The second kappa shape index (κ2) is 9.25. The van der Waals surface area contributed by atoms with Gasteiger partial charge in [0.15, 0.2) is 0 Å². The summed E-state index contributed by atoms with van der Waals surface area (Å²) in [6.45, 7) is 1.34. The summed E-state index contributed by atoms with van der Waals surface area (Å²) in [6, 6.07) is 9.18. The van der Waals surface area contributed by atoms with Gasteiger partial charge in [0.1, 0.15) is 0 Å². The second-order valence-corrected chi connectivity index (χ2v) is 5.35. The molecule has 1 aromatic heterocycles. The first-order chi connectivity index (χ1) is 11.2. The maximum absolute atomic E-state index is 12.1. The monoisotopic (exact) mass is 334 g/mol. The van der Waals surface area contributed by atoms with Crippen LogP contribution >= 0.6 is 11.6 Å². The van der Waals surface area contributed by atoms with E-state index in [2.05, 4.69) is 10.3 Å². The fourth-order valence-electron chi connectivity index (χ4n) is 2.01. The van der Waals surface area contributed by atoms with E-state index in [1.54, 1.807) is 24.4 Å². The number of aliphatic hydroxyl groups excluding tert-OH is 1. The van der Waals surface area contributed by atoms with Gasteiger partial charge in [-0.25, -0.2) is 0 Å². The van der Waals surface area contributed by atoms with Crippen LogP contribution < -0.4 is 5.32 Å². The van der Waals surface area contributed by atoms with Gasteiger partial charge in [0.05, 0.1) is 18.8 Å². The fraction of sp³-hybridized carbons (Fsp3) is 0.294. The first-order valence-electron chi connectivity index (χ1n) is 7.38. The van der Waals surface area contributed by atoms with Crippen LogP contribution in [-0.4, -0.2) is 42.4 Å². The Labute approximate surface area is 140 Å². The molecule has 6 heteroatoms. The highest BCUT2D eigenvalue weighted by Gasteiger charge is 2.07. The molecule has 0 spiro atoms. The Morgan fingerprint density at radius 3 is 2.70 bits per heavy atom. The van der Waals surface area contributed by atoms with Crippen LogP contribution in [0.25, 0.3) is 11.1 Å². The number of rotatable bonds is 8. The molecule has 0 aliphatic carbocycles. The van der Waals surface area contributed by atoms with E-state index >= 15 is 0 Å². The molecule has 0 atom stereocenters. The third-order valence-corrected chi connectivity index (χ3v) is 3.42. The van der Waals surface area contributed by atoms with Crippen molar-refractivity contribution in [2.75, 3.05) is 26.4 Å². The van der Waals surface area contributed by atoms with Gasteiger partial charge < -0.3 is 15.2 Å². The van der Waals surface area contributed by atoms with Crippen molar-refractivity contribution in [3.8, 4) is 11.1 Å². The number of hydrogen-bond acceptors (Lipinski definition) is 4. The Hall–Kier alpha value is -1.95. The van der Waals surface area contributed by atoms with Crippen LogP contribution in [0.1, 0.15) is 16.8 Å². The molecule has 2 N–H and O–H groups in total. The number of hydrogen-bond donors (Lipinski definition) is 2. The van der Waals surface area contributed by atoms with Crippen molar-refractivity contribution in [2.45, 2.75) is 6.42 Å². The number of carbonyl (C=O) groups is 1. The van der Waals surface area contributed by atoms with Crippen molar-refractivity contribution >= 4 is 17.5 Å². The smallest absolute Gasteiger partial charge is 0.252 e. The standard InChI is InChI=1S/C17H19ClN2O3/c18-16-4-2-13(3-5-16)14-10-15(12-19-11-14)17(22)20-6-1-8-23-9-7-21/h2-5,10-12,21H,1,6-9H2,(H,20,22). The van der Waals surface area contributed by atoms with Gasteiger partial charge in [0.25, 0.3) is 5.91 Å². The highest BCUT2D eigenvalue weighted by Crippen LogP contribution is 2.21. The normalized spacial score (nSPS) is 10.5. The van der Waals surface area contributed by atoms with E-state index in [1.165, 1.54) is 6.20 Å². The Kier molecular flexibility index (Phi) is 7.00. The number of halogens is 1. The zero-order valence-corrected chi connectivity index (χ0v) is 13.4. The Balaban J connectivity index is 1.91. The van der Waals surface area contributed by atoms with Crippen LogP contribution in [0.5, 0.6) is 0 Å². The molecule has 0 saturated heterocycles. The predicted molar refractivity (Wildman–Crippen MR) is 89.5 cm³/mol. The maximum atomic E-state index is 12.1. The Bertz CT molecular complexity index is 632. The number of nitrogens with zero attached hydrogens (tertiary/aromatic N) is 1. The van der Waals surface area contributed by atoms with Gasteiger partial charge >= 0.3 is 0 Å². The summed E-state index contributed by atoms with van der Waals surface area (Å²) in [6.07, 6.45) is 3.94. The molecular formula is C17H19ClN2O3. The minimum Gasteiger partial charge on any atom is -0.394 e. The Morgan fingerprint density at radius 2 is 1.96 bits per heavy atom. The highest BCUT2D eigenvalue weighted by molar-refractivity contribution is 6.30. The summed E-state index contributed by atoms with van der Waals surface area (Å²) >= 11 is 5.88. The number of pyridine rings is 1. The lowest BCUT2D eigenvalue weighted by Crippen LogP contribution is -2.25. The van der Waals surface area contributed by atoms with E-state index in [1.807, 2.05) is 12.1 Å². The minimum atomic E-state index is -0.171. The molecule has 2 aromatic rings. The average Bonchev–Trinajstić information content (AvgIpc) is 2.58. The maximum Gasteiger partial charge on any atom is 0.252 e. The molecule has 5 nitrogen and oxygen atoms in total. The molecular weight excluding hydrogens is 316 g/mol. The van der Waals surface area contributed by atoms with Gasteiger partial charge in [-0.05, 0) is 30.2 Å². The third-order valence-electron chi connectivity index (χ3n) is 3.16. The second-order valence-electron chi connectivity index (χ2n) is 4.91. The van der Waals surface area contributed by atoms with Crippen molar-refractivity contribution < 1.29 is 14.6 Å². The molecule has 23 heavy (non-hydrogen) atoms. The molecule has 0 bridgehead atoms. The number of ether oxygens (including phenoxy) is 1. The molecule has 0 aliphatic rings. The van der Waals surface area contributed by atoms with E-state index in [0.717, 1.165) is 11.1 Å². The first-order valence-corrected chi connectivity index (χ1v) is 7.76. The first kappa shape index (κ1) is 17.4. The van der Waals surface area contributed by atoms with Crippen LogP contribution in [0.4, 0.5) is 0 Å². The topological polar surface area (TPSA) is 71.5 Å². The van der Waals surface area contributed by atoms with Crippen LogP contribution in [-0.2, 0) is 4.74 Å². The van der Waals surface area contributed by atoms with E-state index in [0.29, 0.717) is 36.8 Å². The van der Waals surface area contributed by atoms with Crippen LogP contribution in [0, 0.1) is 0 Å². The molecule has 0 fully saturated rings. The lowest BCUT2D eigenvalue weighted by Gasteiger charge is -2.07. The van der Waals surface area contributed by atoms with Gasteiger partial charge in [-0.2, -0.15) is 0 Å². The Morgan fingerprint density at radius 1 is 1.17 bits per heavy atom. The van der Waals surface area contributed by atoms with E-state index in [4.69, 9.17) is 21.4 Å². The van der Waals surface area contributed by atoms with Crippen molar-refractivity contribution in [1.82, 2.24) is 10.3 Å². The molecule has 1 aromatic carbocycles. The third kappa shape index (κ3) is 5.63. The number of amides is 1. The summed E-state index contributed by atoms with van der Waals surface area (Å²) in [4.78, 5) is 16.2. The SMILES string of the molecule is O=C(NCCCOCCO)c1cncc(-c2ccc(Cl)cc2)c1. The van der Waals surface area contributed by atoms with E-state index in [-0.39, 0.29) is 12.5 Å². The molecule has 0 radical (unpaired) electrons. The summed E-state index contributed by atoms with van der Waals surface area (Å²) in [7, 11) is 0. The number of aliphatic hydroxyl groups is 1. The van der Waals surface area contributed by atoms with Crippen molar-refractivity contribution in [1.29, 1.82) is 0 Å². The summed E-state index contributed by atoms with van der Waals surface area (Å²) in [5, 5.41) is 12.1. The lowest BCUT2D eigenvalue weighted by molar-refractivity contribution is 0.0867. The molecule has 0 saturated carbocycles. The lowest BCUT2D eigenvalue weighted by atomic mass is 10.1. The molecule has 0 aliphatic heterocycles. The van der Waals surface area contributed by atoms with E-state index < -0.39 is 0 Å². The largest absolute Gasteiger partial charge is 0.394 e. The highest BCUT2D eigenvalue weighted by atomic mass is 35.5. The van der Waals surface area contributed by atoms with Crippen LogP contribution in [0.3, 0.4) is 0 Å². The summed E-state index contributed by atoms with van der Waals surface area (Å²) in [5.74, 6) is -0.171. The fourth-order valence-corrected chi connectivity index (χ4v) is 2.14. The summed E-state index contributed by atoms with van der Waals surface area (Å²) < 4.78 is 5.13. The minimum absolute atomic E-state index is 0.00944.